The van der Waals surface area contributed by atoms with Gasteiger partial charge in [-0.25, -0.2) is 4.39 Å². The lowest BCUT2D eigenvalue weighted by Gasteiger charge is -2.36. The molecule has 1 fully saturated rings. The molecule has 3 aromatic rings. The number of hydrogen-bond acceptors (Lipinski definition) is 5. The van der Waals surface area contributed by atoms with Crippen molar-refractivity contribution in [1.82, 2.24) is 4.90 Å². The number of carbonyl (C=O) groups is 1. The van der Waals surface area contributed by atoms with E-state index in [1.165, 1.54) is 17.4 Å². The first kappa shape index (κ1) is 20.6. The lowest BCUT2D eigenvalue weighted by Crippen LogP contribution is -2.48. The van der Waals surface area contributed by atoms with Crippen molar-refractivity contribution < 1.29 is 18.7 Å². The van der Waals surface area contributed by atoms with Gasteiger partial charge in [0.2, 0.25) is 0 Å². The number of amides is 1. The van der Waals surface area contributed by atoms with Gasteiger partial charge in [0.1, 0.15) is 11.6 Å². The second kappa shape index (κ2) is 9.02. The molecule has 1 amide bonds. The fourth-order valence-electron chi connectivity index (χ4n) is 3.91. The largest absolute Gasteiger partial charge is 0.492 e. The van der Waals surface area contributed by atoms with E-state index in [0.717, 1.165) is 16.1 Å². The number of anilines is 1. The second-order valence-electron chi connectivity index (χ2n) is 7.14. The highest BCUT2D eigenvalue weighted by atomic mass is 32.1. The Balaban J connectivity index is 1.54. The van der Waals surface area contributed by atoms with Crippen molar-refractivity contribution in [3.63, 3.8) is 0 Å². The Hall–Kier alpha value is -2.64. The molecule has 1 aliphatic rings. The van der Waals surface area contributed by atoms with Gasteiger partial charge >= 0.3 is 0 Å². The third-order valence-corrected chi connectivity index (χ3v) is 6.50. The zero-order valence-corrected chi connectivity index (χ0v) is 18.0. The zero-order chi connectivity index (χ0) is 21.1. The van der Waals surface area contributed by atoms with Gasteiger partial charge in [0.25, 0.3) is 5.91 Å². The summed E-state index contributed by atoms with van der Waals surface area (Å²) in [4.78, 5) is 18.0. The van der Waals surface area contributed by atoms with Gasteiger partial charge in [-0.3, -0.25) is 4.79 Å². The first-order valence-corrected chi connectivity index (χ1v) is 10.9. The van der Waals surface area contributed by atoms with Crippen LogP contribution in [0.5, 0.6) is 5.75 Å². The first-order chi connectivity index (χ1) is 14.6. The molecule has 0 atom stereocenters. The van der Waals surface area contributed by atoms with Crippen LogP contribution in [0, 0.1) is 5.82 Å². The lowest BCUT2D eigenvalue weighted by atomic mass is 10.1. The monoisotopic (exact) mass is 428 g/mol. The quantitative estimate of drug-likeness (QED) is 0.578. The molecule has 0 unspecified atom stereocenters. The van der Waals surface area contributed by atoms with E-state index in [4.69, 9.17) is 9.47 Å². The number of piperazine rings is 1. The smallest absolute Gasteiger partial charge is 0.264 e. The maximum Gasteiger partial charge on any atom is 0.264 e. The van der Waals surface area contributed by atoms with Crippen LogP contribution in [0.2, 0.25) is 0 Å². The number of carbonyl (C=O) groups excluding carboxylic acids is 1. The molecule has 1 aliphatic heterocycles. The van der Waals surface area contributed by atoms with E-state index in [0.29, 0.717) is 48.6 Å². The van der Waals surface area contributed by atoms with Crippen molar-refractivity contribution in [2.45, 2.75) is 13.5 Å². The van der Waals surface area contributed by atoms with Crippen LogP contribution in [0.25, 0.3) is 10.1 Å². The van der Waals surface area contributed by atoms with Crippen LogP contribution < -0.4 is 9.64 Å². The maximum absolute atomic E-state index is 14.4. The molecular weight excluding hydrogens is 403 g/mol. The van der Waals surface area contributed by atoms with Gasteiger partial charge in [-0.15, -0.1) is 11.3 Å². The molecule has 2 aromatic carbocycles. The minimum absolute atomic E-state index is 0.0552. The third kappa shape index (κ3) is 3.87. The predicted octanol–water partition coefficient (Wildman–Crippen LogP) is 4.55. The summed E-state index contributed by atoms with van der Waals surface area (Å²) in [5, 5.41) is 0.497. The summed E-state index contributed by atoms with van der Waals surface area (Å²) >= 11 is 1.34. The van der Waals surface area contributed by atoms with Crippen molar-refractivity contribution >= 4 is 33.0 Å². The number of methoxy groups -OCH3 is 1. The fraction of sp³-hybridized carbons (Fsp3) is 0.348. The number of benzene rings is 2. The maximum atomic E-state index is 14.4. The molecule has 0 spiro atoms. The van der Waals surface area contributed by atoms with Crippen LogP contribution in [-0.2, 0) is 11.3 Å². The number of rotatable bonds is 6. The van der Waals surface area contributed by atoms with Crippen molar-refractivity contribution in [2.24, 2.45) is 0 Å². The minimum atomic E-state index is -0.313. The van der Waals surface area contributed by atoms with Crippen LogP contribution in [0.4, 0.5) is 10.1 Å². The van der Waals surface area contributed by atoms with E-state index in [1.54, 1.807) is 13.2 Å². The molecular formula is C23H25FN2O3S. The Labute approximate surface area is 179 Å². The topological polar surface area (TPSA) is 42.0 Å². The standard InChI is InChI=1S/C23H25FN2O3S/c1-3-29-19-9-5-4-8-18(19)25-11-13-26(14-12-25)23(27)22-16(15-28-2)21-17(24)7-6-10-20(21)30-22/h4-10H,3,11-15H2,1-2H3. The Morgan fingerprint density at radius 1 is 1.10 bits per heavy atom. The molecule has 4 rings (SSSR count). The Morgan fingerprint density at radius 3 is 2.60 bits per heavy atom. The van der Waals surface area contributed by atoms with Crippen LogP contribution in [0.15, 0.2) is 42.5 Å². The van der Waals surface area contributed by atoms with Gasteiger partial charge < -0.3 is 19.3 Å². The highest BCUT2D eigenvalue weighted by Crippen LogP contribution is 2.35. The van der Waals surface area contributed by atoms with Gasteiger partial charge in [-0.05, 0) is 31.2 Å². The molecule has 2 heterocycles. The summed E-state index contributed by atoms with van der Waals surface area (Å²) in [6.07, 6.45) is 0. The van der Waals surface area contributed by atoms with Crippen molar-refractivity contribution in [3.05, 3.63) is 58.7 Å². The first-order valence-electron chi connectivity index (χ1n) is 10.1. The molecule has 30 heavy (non-hydrogen) atoms. The lowest BCUT2D eigenvalue weighted by molar-refractivity contribution is 0.0747. The number of thiophene rings is 1. The van der Waals surface area contributed by atoms with Crippen molar-refractivity contribution in [3.8, 4) is 5.75 Å². The predicted molar refractivity (Wildman–Crippen MR) is 118 cm³/mol. The molecule has 7 heteroatoms. The molecule has 0 aliphatic carbocycles. The number of fused-ring (bicyclic) bond motifs is 1. The SMILES string of the molecule is CCOc1ccccc1N1CCN(C(=O)c2sc3cccc(F)c3c2COC)CC1. The highest BCUT2D eigenvalue weighted by molar-refractivity contribution is 7.21. The molecule has 0 saturated carbocycles. The Bertz CT molecular complexity index is 1040. The van der Waals surface area contributed by atoms with Gasteiger partial charge in [-0.1, -0.05) is 18.2 Å². The molecule has 5 nitrogen and oxygen atoms in total. The summed E-state index contributed by atoms with van der Waals surface area (Å²) in [5.74, 6) is 0.495. The second-order valence-corrected chi connectivity index (χ2v) is 8.19. The van der Waals surface area contributed by atoms with E-state index in [9.17, 15) is 9.18 Å². The van der Waals surface area contributed by atoms with Gasteiger partial charge in [0.15, 0.2) is 0 Å². The third-order valence-electron chi connectivity index (χ3n) is 5.32. The molecule has 0 N–H and O–H groups in total. The van der Waals surface area contributed by atoms with Crippen LogP contribution in [0.3, 0.4) is 0 Å². The van der Waals surface area contributed by atoms with E-state index in [2.05, 4.69) is 4.90 Å². The molecule has 0 radical (unpaired) electrons. The van der Waals surface area contributed by atoms with Gasteiger partial charge in [-0.2, -0.15) is 0 Å². The highest BCUT2D eigenvalue weighted by Gasteiger charge is 2.28. The zero-order valence-electron chi connectivity index (χ0n) is 17.2. The average Bonchev–Trinajstić information content (AvgIpc) is 3.14. The summed E-state index contributed by atoms with van der Waals surface area (Å²) in [6, 6.07) is 12.9. The van der Waals surface area contributed by atoms with E-state index in [1.807, 2.05) is 42.2 Å². The normalized spacial score (nSPS) is 14.4. The van der Waals surface area contributed by atoms with Crippen LogP contribution >= 0.6 is 11.3 Å². The molecule has 0 bridgehead atoms. The van der Waals surface area contributed by atoms with Crippen molar-refractivity contribution in [2.75, 3.05) is 44.8 Å². The van der Waals surface area contributed by atoms with E-state index in [-0.39, 0.29) is 18.3 Å². The summed E-state index contributed by atoms with van der Waals surface area (Å²) in [6.45, 7) is 5.43. The molecule has 1 aromatic heterocycles. The van der Waals surface area contributed by atoms with Crippen LogP contribution in [-0.4, -0.2) is 50.7 Å². The van der Waals surface area contributed by atoms with Gasteiger partial charge in [0, 0.05) is 48.9 Å². The number of halogens is 1. The summed E-state index contributed by atoms with van der Waals surface area (Å²) < 4.78 is 26.2. The van der Waals surface area contributed by atoms with E-state index < -0.39 is 0 Å². The van der Waals surface area contributed by atoms with Crippen molar-refractivity contribution in [1.29, 1.82) is 0 Å². The Morgan fingerprint density at radius 2 is 1.87 bits per heavy atom. The molecule has 158 valence electrons. The summed E-state index contributed by atoms with van der Waals surface area (Å²) in [7, 11) is 1.56. The number of hydrogen-bond donors (Lipinski definition) is 0. The number of ether oxygens (including phenoxy) is 2. The molecule has 1 saturated heterocycles. The summed E-state index contributed by atoms with van der Waals surface area (Å²) in [5.41, 5.74) is 1.69. The van der Waals surface area contributed by atoms with Gasteiger partial charge in [0.05, 0.1) is 23.8 Å². The fourth-order valence-corrected chi connectivity index (χ4v) is 5.10. The average molecular weight is 429 g/mol. The Kier molecular flexibility index (Phi) is 6.20. The van der Waals surface area contributed by atoms with Crippen LogP contribution in [0.1, 0.15) is 22.2 Å². The number of nitrogens with zero attached hydrogens (tertiary/aromatic N) is 2. The number of para-hydroxylation sites is 2. The van der Waals surface area contributed by atoms with E-state index >= 15 is 0 Å². The minimum Gasteiger partial charge on any atom is -0.492 e.